The van der Waals surface area contributed by atoms with E-state index in [1.807, 2.05) is 19.1 Å². The molecule has 0 radical (unpaired) electrons. The molecule has 0 heterocycles. The third kappa shape index (κ3) is 14.0. The number of ketones is 1. The number of benzene rings is 1. The Morgan fingerprint density at radius 3 is 2.31 bits per heavy atom. The van der Waals surface area contributed by atoms with Crippen molar-refractivity contribution in [1.82, 2.24) is 5.32 Å². The highest BCUT2D eigenvalue weighted by Gasteiger charge is 2.16. The van der Waals surface area contributed by atoms with Gasteiger partial charge in [0.25, 0.3) is 6.47 Å². The summed E-state index contributed by atoms with van der Waals surface area (Å²) in [7, 11) is 1.27. The fourth-order valence-electron chi connectivity index (χ4n) is 2.76. The smallest absolute Gasteiger partial charge is 0.410 e. The van der Waals surface area contributed by atoms with Crippen LogP contribution < -0.4 is 10.1 Å². The van der Waals surface area contributed by atoms with Crippen LogP contribution in [0, 0.1) is 18.8 Å². The number of carbonyl (C=O) groups is 3. The van der Waals surface area contributed by atoms with Crippen LogP contribution in [0.5, 0.6) is 5.75 Å². The summed E-state index contributed by atoms with van der Waals surface area (Å²) in [5.74, 6) is 0.414. The van der Waals surface area contributed by atoms with E-state index in [0.717, 1.165) is 18.8 Å². The molecule has 1 rings (SSSR count). The number of amides is 1. The van der Waals surface area contributed by atoms with Crippen LogP contribution in [0.15, 0.2) is 59.7 Å². The van der Waals surface area contributed by atoms with Crippen LogP contribution in [-0.2, 0) is 19.1 Å². The number of Topliss-reactive ketones (excluding diaryl/α,β-unsaturated/α-hetero) is 1. The van der Waals surface area contributed by atoms with E-state index in [4.69, 9.17) is 9.47 Å². The van der Waals surface area contributed by atoms with E-state index >= 15 is 0 Å². The van der Waals surface area contributed by atoms with Gasteiger partial charge in [-0.1, -0.05) is 51.5 Å². The van der Waals surface area contributed by atoms with Crippen LogP contribution in [0.25, 0.3) is 0 Å². The molecule has 0 bridgehead atoms. The standard InChI is InChI=1S/C18H27NO6.C10H14O/c1-12(2)17(22)14(4)15(21)10-16(25-11-20)13(3)8-6-7-9-19-18(23)24-5;1-3-8-11-10-6-4-9(2)5-7-10/h7,9-13,21H,6,8H2,1-5H3,(H,19,23);4-7H,3,8H2,1-2H3/b9-7+,15-14-,16-10-;. The number of hydrogen-bond donors (Lipinski definition) is 2. The van der Waals surface area contributed by atoms with Crippen LogP contribution in [0.3, 0.4) is 0 Å². The van der Waals surface area contributed by atoms with E-state index in [0.29, 0.717) is 12.8 Å². The number of aliphatic hydroxyl groups excluding tert-OH is 1. The summed E-state index contributed by atoms with van der Waals surface area (Å²) in [5.41, 5.74) is 1.49. The van der Waals surface area contributed by atoms with Crippen LogP contribution in [0.2, 0.25) is 0 Å². The molecule has 0 aliphatic heterocycles. The Hall–Kier alpha value is -3.55. The van der Waals surface area contributed by atoms with Crippen molar-refractivity contribution in [1.29, 1.82) is 0 Å². The number of hydrogen-bond acceptors (Lipinski definition) is 7. The predicted molar refractivity (Wildman–Crippen MR) is 140 cm³/mol. The Balaban J connectivity index is 0.000000918. The molecule has 1 aromatic rings. The zero-order chi connectivity index (χ0) is 27.5. The predicted octanol–water partition coefficient (Wildman–Crippen LogP) is 6.17. The van der Waals surface area contributed by atoms with E-state index < -0.39 is 6.09 Å². The van der Waals surface area contributed by atoms with E-state index in [-0.39, 0.29) is 41.2 Å². The van der Waals surface area contributed by atoms with Crippen LogP contribution in [0.1, 0.15) is 59.4 Å². The zero-order valence-electron chi connectivity index (χ0n) is 22.5. The van der Waals surface area contributed by atoms with Gasteiger partial charge in [-0.3, -0.25) is 14.9 Å². The molecule has 1 aromatic carbocycles. The molecule has 0 aliphatic rings. The molecule has 0 aromatic heterocycles. The van der Waals surface area contributed by atoms with Crippen LogP contribution >= 0.6 is 0 Å². The van der Waals surface area contributed by atoms with Gasteiger partial charge in [0.2, 0.25) is 0 Å². The van der Waals surface area contributed by atoms with E-state index in [9.17, 15) is 19.5 Å². The SMILES string of the molecule is CCCOc1ccc(C)cc1.COC(=O)N/C=C/CCC(C)/C(=C/C(O)=C(\C)C(=O)C(C)C)OC=O. The van der Waals surface area contributed by atoms with Crippen molar-refractivity contribution in [2.45, 2.75) is 60.8 Å². The minimum Gasteiger partial charge on any atom is -0.507 e. The lowest BCUT2D eigenvalue weighted by molar-refractivity contribution is -0.125. The number of aliphatic hydroxyl groups is 1. The monoisotopic (exact) mass is 503 g/mol. The normalized spacial score (nSPS) is 12.7. The number of ether oxygens (including phenoxy) is 3. The Bertz CT molecular complexity index is 899. The minimum atomic E-state index is -0.561. The lowest BCUT2D eigenvalue weighted by Crippen LogP contribution is -2.16. The molecular weight excluding hydrogens is 462 g/mol. The Labute approximate surface area is 215 Å². The van der Waals surface area contributed by atoms with Gasteiger partial charge in [0.15, 0.2) is 5.78 Å². The van der Waals surface area contributed by atoms with Gasteiger partial charge in [0.05, 0.1) is 13.7 Å². The fourth-order valence-corrected chi connectivity index (χ4v) is 2.76. The second kappa shape index (κ2) is 18.7. The largest absolute Gasteiger partial charge is 0.507 e. The molecule has 1 amide bonds. The molecular formula is C28H41NO7. The van der Waals surface area contributed by atoms with Crippen molar-refractivity contribution >= 4 is 18.3 Å². The Morgan fingerprint density at radius 1 is 1.14 bits per heavy atom. The van der Waals surface area contributed by atoms with Crippen molar-refractivity contribution < 1.29 is 33.7 Å². The van der Waals surface area contributed by atoms with Crippen molar-refractivity contribution in [3.63, 3.8) is 0 Å². The molecule has 8 nitrogen and oxygen atoms in total. The summed E-state index contributed by atoms with van der Waals surface area (Å²) in [6.07, 6.45) is 6.19. The van der Waals surface area contributed by atoms with Crippen molar-refractivity contribution in [2.75, 3.05) is 13.7 Å². The van der Waals surface area contributed by atoms with Gasteiger partial charge >= 0.3 is 6.09 Å². The first kappa shape index (κ1) is 32.5. The van der Waals surface area contributed by atoms with Crippen molar-refractivity contribution in [3.05, 3.63) is 65.3 Å². The first-order valence-electron chi connectivity index (χ1n) is 12.0. The Kier molecular flexibility index (Phi) is 16.9. The topological polar surface area (TPSA) is 111 Å². The molecule has 0 saturated carbocycles. The number of nitrogens with one attached hydrogen (secondary N) is 1. The number of allylic oxidation sites excluding steroid dienone is 4. The maximum atomic E-state index is 11.9. The number of methoxy groups -OCH3 is 1. The first-order valence-corrected chi connectivity index (χ1v) is 12.0. The molecule has 0 aliphatic carbocycles. The van der Waals surface area contributed by atoms with Crippen molar-refractivity contribution in [3.8, 4) is 5.75 Å². The fraction of sp³-hybridized carbons (Fsp3) is 0.464. The molecule has 1 atom stereocenters. The lowest BCUT2D eigenvalue weighted by atomic mass is 9.99. The van der Waals surface area contributed by atoms with Gasteiger partial charge in [0.1, 0.15) is 17.3 Å². The van der Waals surface area contributed by atoms with Crippen LogP contribution in [0.4, 0.5) is 4.79 Å². The molecule has 0 spiro atoms. The highest BCUT2D eigenvalue weighted by molar-refractivity contribution is 5.96. The lowest BCUT2D eigenvalue weighted by Gasteiger charge is -2.13. The molecule has 1 unspecified atom stereocenters. The second-order valence-electron chi connectivity index (χ2n) is 8.47. The summed E-state index contributed by atoms with van der Waals surface area (Å²) >= 11 is 0. The third-order valence-electron chi connectivity index (χ3n) is 4.99. The first-order chi connectivity index (χ1) is 17.1. The molecule has 0 fully saturated rings. The van der Waals surface area contributed by atoms with Gasteiger partial charge in [-0.25, -0.2) is 4.79 Å². The number of carbonyl (C=O) groups excluding carboxylic acids is 3. The summed E-state index contributed by atoms with van der Waals surface area (Å²) in [4.78, 5) is 33.5. The highest BCUT2D eigenvalue weighted by atomic mass is 16.5. The summed E-state index contributed by atoms with van der Waals surface area (Å²) in [6.45, 7) is 12.1. The van der Waals surface area contributed by atoms with E-state index in [2.05, 4.69) is 36.0 Å². The molecule has 200 valence electrons. The molecule has 36 heavy (non-hydrogen) atoms. The Morgan fingerprint density at radius 2 is 1.78 bits per heavy atom. The summed E-state index contributed by atoms with van der Waals surface area (Å²) < 4.78 is 14.8. The summed E-state index contributed by atoms with van der Waals surface area (Å²) in [5, 5.41) is 12.5. The second-order valence-corrected chi connectivity index (χ2v) is 8.47. The minimum absolute atomic E-state index is 0.177. The molecule has 8 heteroatoms. The van der Waals surface area contributed by atoms with Gasteiger partial charge < -0.3 is 19.3 Å². The molecule has 0 saturated heterocycles. The number of aryl methyl sites for hydroxylation is 1. The maximum absolute atomic E-state index is 11.9. The van der Waals surface area contributed by atoms with E-state index in [1.54, 1.807) is 19.9 Å². The van der Waals surface area contributed by atoms with Gasteiger partial charge in [-0.05, 0) is 45.2 Å². The third-order valence-corrected chi connectivity index (χ3v) is 4.99. The van der Waals surface area contributed by atoms with Gasteiger partial charge in [-0.2, -0.15) is 0 Å². The van der Waals surface area contributed by atoms with Crippen LogP contribution in [-0.4, -0.2) is 37.2 Å². The highest BCUT2D eigenvalue weighted by Crippen LogP contribution is 2.21. The quantitative estimate of drug-likeness (QED) is 0.143. The summed E-state index contributed by atoms with van der Waals surface area (Å²) in [6, 6.07) is 8.13. The number of alkyl carbamates (subject to hydrolysis) is 1. The van der Waals surface area contributed by atoms with Gasteiger partial charge in [0, 0.05) is 29.7 Å². The average Bonchev–Trinajstić information content (AvgIpc) is 2.86. The molecule has 2 N–H and O–H groups in total. The maximum Gasteiger partial charge on any atom is 0.410 e. The zero-order valence-corrected chi connectivity index (χ0v) is 22.5. The average molecular weight is 504 g/mol. The number of rotatable bonds is 13. The van der Waals surface area contributed by atoms with Gasteiger partial charge in [-0.15, -0.1) is 0 Å². The van der Waals surface area contributed by atoms with E-state index in [1.165, 1.54) is 31.9 Å². The van der Waals surface area contributed by atoms with Crippen molar-refractivity contribution in [2.24, 2.45) is 11.8 Å².